The second kappa shape index (κ2) is 6.53. The fourth-order valence-electron chi connectivity index (χ4n) is 3.43. The molecule has 0 aromatic heterocycles. The minimum Gasteiger partial charge on any atom is -0.374 e. The van der Waals surface area contributed by atoms with E-state index in [4.69, 9.17) is 4.74 Å². The van der Waals surface area contributed by atoms with Crippen molar-refractivity contribution in [2.24, 2.45) is 5.92 Å². The number of nitrogens with one attached hydrogen (secondary N) is 1. The molecule has 1 aromatic carbocycles. The summed E-state index contributed by atoms with van der Waals surface area (Å²) in [6, 6.07) is 8.81. The molecule has 0 saturated carbocycles. The van der Waals surface area contributed by atoms with Crippen LogP contribution in [0.15, 0.2) is 24.3 Å². The van der Waals surface area contributed by atoms with Gasteiger partial charge in [0.05, 0.1) is 6.10 Å². The van der Waals surface area contributed by atoms with Gasteiger partial charge in [-0.3, -0.25) is 0 Å². The van der Waals surface area contributed by atoms with Crippen LogP contribution in [-0.2, 0) is 11.2 Å². The molecule has 1 unspecified atom stereocenters. The first-order chi connectivity index (χ1) is 9.43. The second-order valence-electron chi connectivity index (χ2n) is 5.93. The molecule has 0 radical (unpaired) electrons. The van der Waals surface area contributed by atoms with Gasteiger partial charge in [0.2, 0.25) is 0 Å². The van der Waals surface area contributed by atoms with Crippen molar-refractivity contribution in [3.63, 3.8) is 0 Å². The summed E-state index contributed by atoms with van der Waals surface area (Å²) in [6.07, 6.45) is 7.93. The quantitative estimate of drug-likeness (QED) is 0.894. The van der Waals surface area contributed by atoms with E-state index in [1.807, 2.05) is 0 Å². The highest BCUT2D eigenvalue weighted by Crippen LogP contribution is 2.32. The highest BCUT2D eigenvalue weighted by atomic mass is 16.5. The van der Waals surface area contributed by atoms with Gasteiger partial charge in [-0.15, -0.1) is 0 Å². The van der Waals surface area contributed by atoms with Crippen LogP contribution < -0.4 is 5.32 Å². The molecule has 1 N–H and O–H groups in total. The van der Waals surface area contributed by atoms with Gasteiger partial charge in [0.1, 0.15) is 0 Å². The fourth-order valence-corrected chi connectivity index (χ4v) is 3.43. The monoisotopic (exact) mass is 259 g/mol. The molecule has 0 bridgehead atoms. The first kappa shape index (κ1) is 13.1. The van der Waals surface area contributed by atoms with E-state index in [2.05, 4.69) is 29.6 Å². The normalized spacial score (nSPS) is 24.1. The Kier molecular flexibility index (Phi) is 4.52. The summed E-state index contributed by atoms with van der Waals surface area (Å²) in [5.41, 5.74) is 2.94. The van der Waals surface area contributed by atoms with E-state index in [1.165, 1.54) is 62.7 Å². The van der Waals surface area contributed by atoms with Crippen molar-refractivity contribution in [2.75, 3.05) is 19.7 Å². The number of benzene rings is 1. The van der Waals surface area contributed by atoms with Crippen LogP contribution in [0.25, 0.3) is 0 Å². The molecule has 1 aromatic rings. The van der Waals surface area contributed by atoms with Gasteiger partial charge < -0.3 is 10.1 Å². The largest absolute Gasteiger partial charge is 0.374 e. The van der Waals surface area contributed by atoms with Crippen molar-refractivity contribution in [1.29, 1.82) is 0 Å². The van der Waals surface area contributed by atoms with Crippen LogP contribution in [0.4, 0.5) is 0 Å². The summed E-state index contributed by atoms with van der Waals surface area (Å²) in [7, 11) is 0. The van der Waals surface area contributed by atoms with Crippen molar-refractivity contribution in [3.05, 3.63) is 35.4 Å². The number of piperidine rings is 1. The van der Waals surface area contributed by atoms with E-state index in [9.17, 15) is 0 Å². The van der Waals surface area contributed by atoms with Crippen LogP contribution in [0.2, 0.25) is 0 Å². The van der Waals surface area contributed by atoms with E-state index < -0.39 is 0 Å². The van der Waals surface area contributed by atoms with Gasteiger partial charge in [-0.2, -0.15) is 0 Å². The number of fused-ring (bicyclic) bond motifs is 1. The predicted molar refractivity (Wildman–Crippen MR) is 78.3 cm³/mol. The minimum atomic E-state index is 0.353. The zero-order chi connectivity index (χ0) is 12.9. The molecule has 2 heteroatoms. The summed E-state index contributed by atoms with van der Waals surface area (Å²) >= 11 is 0. The van der Waals surface area contributed by atoms with Gasteiger partial charge in [0.25, 0.3) is 0 Å². The Balaban J connectivity index is 1.50. The lowest BCUT2D eigenvalue weighted by Crippen LogP contribution is -2.28. The molecule has 3 rings (SSSR count). The molecule has 1 heterocycles. The Morgan fingerprint density at radius 3 is 2.84 bits per heavy atom. The van der Waals surface area contributed by atoms with Crippen LogP contribution in [0.5, 0.6) is 0 Å². The maximum atomic E-state index is 6.19. The van der Waals surface area contributed by atoms with E-state index in [0.717, 1.165) is 12.5 Å². The average Bonchev–Trinajstić information content (AvgIpc) is 2.49. The Bertz CT molecular complexity index is 398. The van der Waals surface area contributed by atoms with Gasteiger partial charge in [-0.25, -0.2) is 0 Å². The number of rotatable bonds is 4. The fraction of sp³-hybridized carbons (Fsp3) is 0.647. The summed E-state index contributed by atoms with van der Waals surface area (Å²) in [5.74, 6) is 0.875. The summed E-state index contributed by atoms with van der Waals surface area (Å²) < 4.78 is 6.19. The van der Waals surface area contributed by atoms with Crippen molar-refractivity contribution in [1.82, 2.24) is 5.32 Å². The van der Waals surface area contributed by atoms with Gasteiger partial charge in [0.15, 0.2) is 0 Å². The predicted octanol–water partition coefficient (Wildman–Crippen LogP) is 3.47. The Hall–Kier alpha value is -0.860. The maximum absolute atomic E-state index is 6.19. The molecule has 2 nitrogen and oxygen atoms in total. The van der Waals surface area contributed by atoms with Crippen molar-refractivity contribution >= 4 is 0 Å². The third kappa shape index (κ3) is 3.37. The maximum Gasteiger partial charge on any atom is 0.0827 e. The van der Waals surface area contributed by atoms with E-state index in [-0.39, 0.29) is 0 Å². The smallest absolute Gasteiger partial charge is 0.0827 e. The van der Waals surface area contributed by atoms with E-state index in [1.54, 1.807) is 0 Å². The molecular weight excluding hydrogens is 234 g/mol. The van der Waals surface area contributed by atoms with Crippen LogP contribution in [0.1, 0.15) is 49.3 Å². The third-order valence-electron chi connectivity index (χ3n) is 4.62. The lowest BCUT2D eigenvalue weighted by atomic mass is 9.89. The van der Waals surface area contributed by atoms with Crippen molar-refractivity contribution in [2.45, 2.75) is 44.6 Å². The van der Waals surface area contributed by atoms with Crippen LogP contribution in [0.3, 0.4) is 0 Å². The summed E-state index contributed by atoms with van der Waals surface area (Å²) in [4.78, 5) is 0. The van der Waals surface area contributed by atoms with Crippen LogP contribution >= 0.6 is 0 Å². The molecule has 104 valence electrons. The second-order valence-corrected chi connectivity index (χ2v) is 5.93. The molecule has 2 aliphatic rings. The number of hydrogen-bond acceptors (Lipinski definition) is 2. The molecule has 1 aliphatic carbocycles. The van der Waals surface area contributed by atoms with Crippen molar-refractivity contribution in [3.8, 4) is 0 Å². The first-order valence-corrected chi connectivity index (χ1v) is 7.83. The Morgan fingerprint density at radius 2 is 1.95 bits per heavy atom. The van der Waals surface area contributed by atoms with Crippen molar-refractivity contribution < 1.29 is 4.74 Å². The lowest BCUT2D eigenvalue weighted by molar-refractivity contribution is 0.0305. The summed E-state index contributed by atoms with van der Waals surface area (Å²) in [5, 5.41) is 3.43. The van der Waals surface area contributed by atoms with Gasteiger partial charge in [-0.05, 0) is 68.7 Å². The number of hydrogen-bond donors (Lipinski definition) is 1. The van der Waals surface area contributed by atoms with Gasteiger partial charge in [-0.1, -0.05) is 24.3 Å². The molecular formula is C17H25NO. The van der Waals surface area contributed by atoms with Crippen LogP contribution in [-0.4, -0.2) is 19.7 Å². The zero-order valence-corrected chi connectivity index (χ0v) is 11.7. The Labute approximate surface area is 116 Å². The standard InChI is InChI=1S/C17H25NO/c1-2-6-16-15(4-1)5-3-7-17(16)19-13-10-14-8-11-18-12-9-14/h1-2,4,6,14,17-18H,3,5,7-13H2. The molecule has 1 fully saturated rings. The highest BCUT2D eigenvalue weighted by Gasteiger charge is 2.20. The number of ether oxygens (including phenoxy) is 1. The SMILES string of the molecule is c1ccc2c(c1)CCCC2OCCC1CCNCC1. The molecule has 1 atom stereocenters. The lowest BCUT2D eigenvalue weighted by Gasteiger charge is -2.27. The zero-order valence-electron chi connectivity index (χ0n) is 11.7. The van der Waals surface area contributed by atoms with Gasteiger partial charge in [0, 0.05) is 6.61 Å². The molecule has 1 aliphatic heterocycles. The Morgan fingerprint density at radius 1 is 1.11 bits per heavy atom. The molecule has 1 saturated heterocycles. The van der Waals surface area contributed by atoms with E-state index in [0.29, 0.717) is 6.10 Å². The molecule has 19 heavy (non-hydrogen) atoms. The molecule has 0 spiro atoms. The van der Waals surface area contributed by atoms with Crippen LogP contribution in [0, 0.1) is 5.92 Å². The topological polar surface area (TPSA) is 21.3 Å². The minimum absolute atomic E-state index is 0.353. The number of aryl methyl sites for hydroxylation is 1. The molecule has 0 amide bonds. The van der Waals surface area contributed by atoms with E-state index >= 15 is 0 Å². The average molecular weight is 259 g/mol. The van der Waals surface area contributed by atoms with Gasteiger partial charge >= 0.3 is 0 Å². The highest BCUT2D eigenvalue weighted by molar-refractivity contribution is 5.31. The summed E-state index contributed by atoms with van der Waals surface area (Å²) in [6.45, 7) is 3.32. The third-order valence-corrected chi connectivity index (χ3v) is 4.62. The first-order valence-electron chi connectivity index (χ1n) is 7.83.